The fourth-order valence-corrected chi connectivity index (χ4v) is 1.52. The van der Waals surface area contributed by atoms with Crippen LogP contribution in [0.1, 0.15) is 20.3 Å². The van der Waals surface area contributed by atoms with Crippen LogP contribution < -0.4 is 4.68 Å². The lowest BCUT2D eigenvalue weighted by Crippen LogP contribution is -2.40. The van der Waals surface area contributed by atoms with Crippen molar-refractivity contribution in [1.29, 1.82) is 0 Å². The van der Waals surface area contributed by atoms with Crippen molar-refractivity contribution in [2.24, 2.45) is 5.92 Å². The van der Waals surface area contributed by atoms with Gasteiger partial charge in [0, 0.05) is 29.9 Å². The molecule has 0 amide bonds. The summed E-state index contributed by atoms with van der Waals surface area (Å²) in [6, 6.07) is 3.81. The Labute approximate surface area is 101 Å². The van der Waals surface area contributed by atoms with Crippen molar-refractivity contribution >= 4 is 0 Å². The fourth-order valence-electron chi connectivity index (χ4n) is 1.52. The Bertz CT molecular complexity index is 453. The van der Waals surface area contributed by atoms with E-state index in [-0.39, 0.29) is 0 Å². The molecule has 2 aromatic rings. The smallest absolute Gasteiger partial charge is 0.197 e. The van der Waals surface area contributed by atoms with Crippen LogP contribution >= 0.6 is 0 Å². The molecule has 0 N–H and O–H groups in total. The highest BCUT2D eigenvalue weighted by molar-refractivity contribution is 5.51. The molecule has 88 valence electrons. The summed E-state index contributed by atoms with van der Waals surface area (Å²) in [6.45, 7) is 5.37. The Kier molecular flexibility index (Phi) is 3.75. The van der Waals surface area contributed by atoms with Crippen LogP contribution in [-0.4, -0.2) is 15.1 Å². The van der Waals surface area contributed by atoms with Gasteiger partial charge in [0.1, 0.15) is 6.20 Å². The van der Waals surface area contributed by atoms with Gasteiger partial charge in [0.05, 0.1) is 0 Å². The standard InChI is InChI=1S/C13H17N4/c1-3-11(2)10-17-8-5-12(9-16-17)13-14-6-4-7-15-13/h4-9,11H,3,10H2,1-2H3/q+1. The third-order valence-electron chi connectivity index (χ3n) is 2.79. The zero-order valence-electron chi connectivity index (χ0n) is 10.2. The van der Waals surface area contributed by atoms with Crippen molar-refractivity contribution in [1.82, 2.24) is 15.1 Å². The predicted molar refractivity (Wildman–Crippen MR) is 64.9 cm³/mol. The van der Waals surface area contributed by atoms with E-state index in [1.54, 1.807) is 12.4 Å². The average Bonchev–Trinajstić information content (AvgIpc) is 2.40. The van der Waals surface area contributed by atoms with Crippen LogP contribution in [0.5, 0.6) is 0 Å². The largest absolute Gasteiger partial charge is 0.237 e. The molecule has 0 saturated heterocycles. The highest BCUT2D eigenvalue weighted by Gasteiger charge is 2.09. The van der Waals surface area contributed by atoms with E-state index in [0.717, 1.165) is 24.4 Å². The van der Waals surface area contributed by atoms with Crippen molar-refractivity contribution in [3.8, 4) is 11.4 Å². The Morgan fingerprint density at radius 2 is 2.06 bits per heavy atom. The molecule has 4 heteroatoms. The summed E-state index contributed by atoms with van der Waals surface area (Å²) in [4.78, 5) is 8.39. The second-order valence-electron chi connectivity index (χ2n) is 4.22. The summed E-state index contributed by atoms with van der Waals surface area (Å²) in [7, 11) is 0. The van der Waals surface area contributed by atoms with E-state index >= 15 is 0 Å². The minimum Gasteiger partial charge on any atom is -0.237 e. The highest BCUT2D eigenvalue weighted by atomic mass is 15.2. The first-order valence-electron chi connectivity index (χ1n) is 5.92. The first-order chi connectivity index (χ1) is 8.29. The van der Waals surface area contributed by atoms with Crippen molar-refractivity contribution in [2.75, 3.05) is 0 Å². The molecule has 0 aromatic carbocycles. The van der Waals surface area contributed by atoms with E-state index in [9.17, 15) is 0 Å². The van der Waals surface area contributed by atoms with Gasteiger partial charge in [-0.05, 0) is 17.6 Å². The molecule has 0 bridgehead atoms. The summed E-state index contributed by atoms with van der Waals surface area (Å²) < 4.78 is 1.96. The van der Waals surface area contributed by atoms with Gasteiger partial charge in [0.15, 0.2) is 18.6 Å². The molecule has 0 saturated carbocycles. The van der Waals surface area contributed by atoms with Crippen molar-refractivity contribution in [3.63, 3.8) is 0 Å². The Balaban J connectivity index is 2.13. The van der Waals surface area contributed by atoms with E-state index in [2.05, 4.69) is 28.9 Å². The summed E-state index contributed by atoms with van der Waals surface area (Å²) in [5, 5.41) is 4.38. The van der Waals surface area contributed by atoms with Crippen LogP contribution in [0.2, 0.25) is 0 Å². The Morgan fingerprint density at radius 3 is 2.65 bits per heavy atom. The molecule has 0 aliphatic rings. The van der Waals surface area contributed by atoms with E-state index in [1.165, 1.54) is 0 Å². The minimum absolute atomic E-state index is 0.645. The van der Waals surface area contributed by atoms with Crippen molar-refractivity contribution < 1.29 is 4.68 Å². The Morgan fingerprint density at radius 1 is 1.29 bits per heavy atom. The van der Waals surface area contributed by atoms with Crippen molar-refractivity contribution in [2.45, 2.75) is 26.8 Å². The molecule has 2 heterocycles. The van der Waals surface area contributed by atoms with E-state index in [1.807, 2.05) is 29.2 Å². The van der Waals surface area contributed by atoms with Gasteiger partial charge in [0.2, 0.25) is 0 Å². The van der Waals surface area contributed by atoms with Gasteiger partial charge in [-0.15, -0.1) is 0 Å². The Hall–Kier alpha value is -1.84. The van der Waals surface area contributed by atoms with Gasteiger partial charge in [-0.25, -0.2) is 9.97 Å². The monoisotopic (exact) mass is 229 g/mol. The lowest BCUT2D eigenvalue weighted by Gasteiger charge is -2.02. The molecular formula is C13H17N4+. The van der Waals surface area contributed by atoms with Gasteiger partial charge in [0.25, 0.3) is 0 Å². The van der Waals surface area contributed by atoms with E-state index in [4.69, 9.17) is 0 Å². The first kappa shape index (κ1) is 11.6. The minimum atomic E-state index is 0.645. The molecule has 1 atom stereocenters. The number of hydrogen-bond donors (Lipinski definition) is 0. The van der Waals surface area contributed by atoms with Crippen LogP contribution in [0, 0.1) is 5.92 Å². The van der Waals surface area contributed by atoms with Crippen molar-refractivity contribution in [3.05, 3.63) is 36.9 Å². The van der Waals surface area contributed by atoms with Gasteiger partial charge in [-0.2, -0.15) is 0 Å². The van der Waals surface area contributed by atoms with Crippen LogP contribution in [0.15, 0.2) is 36.9 Å². The lowest BCUT2D eigenvalue weighted by molar-refractivity contribution is -0.759. The third-order valence-corrected chi connectivity index (χ3v) is 2.79. The second-order valence-corrected chi connectivity index (χ2v) is 4.22. The molecule has 2 rings (SSSR count). The van der Waals surface area contributed by atoms with Gasteiger partial charge < -0.3 is 0 Å². The maximum absolute atomic E-state index is 4.38. The quantitative estimate of drug-likeness (QED) is 0.752. The number of aromatic nitrogens is 4. The van der Waals surface area contributed by atoms with E-state index < -0.39 is 0 Å². The topological polar surface area (TPSA) is 42.5 Å². The second kappa shape index (κ2) is 5.48. The van der Waals surface area contributed by atoms with Crippen LogP contribution in [0.4, 0.5) is 0 Å². The van der Waals surface area contributed by atoms with E-state index in [0.29, 0.717) is 5.92 Å². The van der Waals surface area contributed by atoms with Crippen LogP contribution in [0.3, 0.4) is 0 Å². The van der Waals surface area contributed by atoms with Crippen LogP contribution in [-0.2, 0) is 6.54 Å². The summed E-state index contributed by atoms with van der Waals surface area (Å²) >= 11 is 0. The molecule has 17 heavy (non-hydrogen) atoms. The lowest BCUT2D eigenvalue weighted by atomic mass is 10.1. The predicted octanol–water partition coefficient (Wildman–Crippen LogP) is 1.87. The molecule has 4 nitrogen and oxygen atoms in total. The van der Waals surface area contributed by atoms with Crippen LogP contribution in [0.25, 0.3) is 11.4 Å². The third kappa shape index (κ3) is 3.06. The summed E-state index contributed by atoms with van der Waals surface area (Å²) in [5.41, 5.74) is 0.950. The zero-order chi connectivity index (χ0) is 12.1. The number of rotatable bonds is 4. The zero-order valence-corrected chi connectivity index (χ0v) is 10.2. The summed E-state index contributed by atoms with van der Waals surface area (Å²) in [6.07, 6.45) is 8.44. The number of hydrogen-bond acceptors (Lipinski definition) is 3. The molecule has 0 fully saturated rings. The molecule has 0 radical (unpaired) electrons. The average molecular weight is 229 g/mol. The van der Waals surface area contributed by atoms with Gasteiger partial charge >= 0.3 is 0 Å². The molecule has 0 spiro atoms. The fraction of sp³-hybridized carbons (Fsp3) is 0.385. The normalized spacial score (nSPS) is 12.4. The molecule has 1 unspecified atom stereocenters. The SMILES string of the molecule is CCC(C)C[n+]1ccc(-c2ncccn2)cn1. The maximum atomic E-state index is 4.38. The first-order valence-corrected chi connectivity index (χ1v) is 5.92. The number of nitrogens with zero attached hydrogens (tertiary/aromatic N) is 4. The maximum Gasteiger partial charge on any atom is 0.197 e. The summed E-state index contributed by atoms with van der Waals surface area (Å²) in [5.74, 6) is 1.36. The molecular weight excluding hydrogens is 212 g/mol. The molecule has 0 aliphatic heterocycles. The van der Waals surface area contributed by atoms with Gasteiger partial charge in [-0.3, -0.25) is 0 Å². The highest BCUT2D eigenvalue weighted by Crippen LogP contribution is 2.09. The molecule has 2 aromatic heterocycles. The van der Waals surface area contributed by atoms with Gasteiger partial charge in [-0.1, -0.05) is 18.5 Å². The molecule has 0 aliphatic carbocycles.